The normalized spacial score (nSPS) is 18.2. The van der Waals surface area contributed by atoms with Crippen LogP contribution in [0.15, 0.2) is 29.4 Å². The summed E-state index contributed by atoms with van der Waals surface area (Å²) in [7, 11) is 0. The maximum absolute atomic E-state index is 14.1. The fraction of sp³-hybridized carbons (Fsp3) is 0.444. The van der Waals surface area contributed by atoms with Crippen LogP contribution in [0.25, 0.3) is 11.0 Å². The van der Waals surface area contributed by atoms with Gasteiger partial charge in [0.25, 0.3) is 0 Å². The first-order valence-electron chi connectivity index (χ1n) is 8.52. The summed E-state index contributed by atoms with van der Waals surface area (Å²) in [5.74, 6) is -0.372. The van der Waals surface area contributed by atoms with Gasteiger partial charge in [0.2, 0.25) is 0 Å². The van der Waals surface area contributed by atoms with Crippen molar-refractivity contribution in [2.45, 2.75) is 12.1 Å². The molecule has 1 fully saturated rings. The molecule has 0 aliphatic carbocycles. The molecular weight excluding hydrogens is 357 g/mol. The van der Waals surface area contributed by atoms with Crippen molar-refractivity contribution in [3.63, 3.8) is 0 Å². The van der Waals surface area contributed by atoms with Crippen molar-refractivity contribution >= 4 is 35.1 Å². The van der Waals surface area contributed by atoms with Crippen molar-refractivity contribution in [1.29, 1.82) is 5.41 Å². The van der Waals surface area contributed by atoms with Crippen LogP contribution in [0.4, 0.5) is 4.39 Å². The maximum Gasteiger partial charge on any atom is 0.132 e. The van der Waals surface area contributed by atoms with Crippen LogP contribution < -0.4 is 0 Å². The second kappa shape index (κ2) is 9.12. The van der Waals surface area contributed by atoms with Crippen molar-refractivity contribution in [2.24, 2.45) is 4.99 Å². The van der Waals surface area contributed by atoms with E-state index in [0.717, 1.165) is 24.2 Å². The molecule has 1 aliphatic heterocycles. The number of rotatable bonds is 7. The lowest BCUT2D eigenvalue weighted by Crippen LogP contribution is -2.40. The van der Waals surface area contributed by atoms with E-state index in [9.17, 15) is 4.39 Å². The van der Waals surface area contributed by atoms with Gasteiger partial charge < -0.3 is 10.1 Å². The highest BCUT2D eigenvalue weighted by molar-refractivity contribution is 6.29. The van der Waals surface area contributed by atoms with Gasteiger partial charge in [-0.25, -0.2) is 9.37 Å². The van der Waals surface area contributed by atoms with E-state index in [1.165, 1.54) is 6.21 Å². The minimum Gasteiger partial charge on any atom is -0.379 e. The zero-order valence-electron chi connectivity index (χ0n) is 14.3. The van der Waals surface area contributed by atoms with Gasteiger partial charge >= 0.3 is 0 Å². The highest BCUT2D eigenvalue weighted by Crippen LogP contribution is 2.18. The minimum absolute atomic E-state index is 0.0762. The Balaban J connectivity index is 1.61. The molecule has 6 nitrogen and oxygen atoms in total. The number of hydrogen-bond acceptors (Lipinski definition) is 6. The van der Waals surface area contributed by atoms with Crippen molar-refractivity contribution < 1.29 is 9.13 Å². The quantitative estimate of drug-likeness (QED) is 0.594. The zero-order chi connectivity index (χ0) is 18.4. The number of nitrogens with zero attached hydrogens (tertiary/aromatic N) is 4. The van der Waals surface area contributed by atoms with Crippen LogP contribution in [0.5, 0.6) is 0 Å². The van der Waals surface area contributed by atoms with Crippen LogP contribution in [0.3, 0.4) is 0 Å². The van der Waals surface area contributed by atoms with Gasteiger partial charge in [-0.15, -0.1) is 0 Å². The van der Waals surface area contributed by atoms with Crippen LogP contribution in [0.1, 0.15) is 11.5 Å². The van der Waals surface area contributed by atoms with E-state index in [-0.39, 0.29) is 12.5 Å². The summed E-state index contributed by atoms with van der Waals surface area (Å²) in [5, 5.41) is 8.02. The number of morpholine rings is 1. The minimum atomic E-state index is -1.04. The third kappa shape index (κ3) is 5.03. The summed E-state index contributed by atoms with van der Waals surface area (Å²) in [6.45, 7) is 3.25. The molecule has 138 valence electrons. The monoisotopic (exact) mass is 377 g/mol. The number of fused-ring (bicyclic) bond motifs is 1. The third-order valence-corrected chi connectivity index (χ3v) is 4.43. The highest BCUT2D eigenvalue weighted by atomic mass is 35.5. The Kier molecular flexibility index (Phi) is 6.60. The van der Waals surface area contributed by atoms with E-state index in [2.05, 4.69) is 15.0 Å². The first kappa shape index (κ1) is 18.8. The van der Waals surface area contributed by atoms with E-state index in [0.29, 0.717) is 30.4 Å². The highest BCUT2D eigenvalue weighted by Gasteiger charge is 2.16. The van der Waals surface area contributed by atoms with Gasteiger partial charge in [0.15, 0.2) is 0 Å². The molecule has 0 aromatic carbocycles. The Morgan fingerprint density at radius 3 is 2.92 bits per heavy atom. The predicted molar refractivity (Wildman–Crippen MR) is 102 cm³/mol. The molecule has 2 unspecified atom stereocenters. The molecule has 0 radical (unpaired) electrons. The summed E-state index contributed by atoms with van der Waals surface area (Å²) in [4.78, 5) is 14.8. The molecule has 0 amide bonds. The molecule has 2 aromatic rings. The number of nitrogens with one attached hydrogen (secondary N) is 1. The van der Waals surface area contributed by atoms with Crippen LogP contribution in [-0.2, 0) is 4.74 Å². The fourth-order valence-electron chi connectivity index (χ4n) is 2.82. The summed E-state index contributed by atoms with van der Waals surface area (Å²) in [6.07, 6.45) is 3.49. The Morgan fingerprint density at radius 1 is 1.35 bits per heavy atom. The zero-order valence-corrected chi connectivity index (χ0v) is 15.1. The molecule has 3 heterocycles. The van der Waals surface area contributed by atoms with Crippen molar-refractivity contribution in [3.8, 4) is 0 Å². The average Bonchev–Trinajstić information content (AvgIpc) is 2.65. The second-order valence-corrected chi connectivity index (χ2v) is 6.55. The molecule has 2 atom stereocenters. The van der Waals surface area contributed by atoms with Crippen LogP contribution in [0, 0.1) is 5.41 Å². The lowest BCUT2D eigenvalue weighted by molar-refractivity contribution is 0.0279. The van der Waals surface area contributed by atoms with E-state index < -0.39 is 6.17 Å². The first-order chi connectivity index (χ1) is 12.7. The predicted octanol–water partition coefficient (Wildman–Crippen LogP) is 2.76. The molecule has 2 aromatic heterocycles. The molecule has 0 bridgehead atoms. The first-order valence-corrected chi connectivity index (χ1v) is 8.90. The number of halogens is 2. The molecule has 8 heteroatoms. The number of aromatic nitrogens is 2. The molecule has 1 aliphatic rings. The largest absolute Gasteiger partial charge is 0.379 e. The molecule has 0 spiro atoms. The third-order valence-electron chi connectivity index (χ3n) is 4.22. The Hall–Kier alpha value is -1.96. The number of pyridine rings is 2. The topological polar surface area (TPSA) is 74.5 Å². The van der Waals surface area contributed by atoms with Gasteiger partial charge in [-0.2, -0.15) is 0 Å². The fourth-order valence-corrected chi connectivity index (χ4v) is 2.97. The van der Waals surface area contributed by atoms with E-state index in [1.807, 2.05) is 11.0 Å². The van der Waals surface area contributed by atoms with Crippen molar-refractivity contribution in [3.05, 3.63) is 35.1 Å². The second-order valence-electron chi connectivity index (χ2n) is 6.16. The molecule has 1 saturated heterocycles. The lowest BCUT2D eigenvalue weighted by atomic mass is 10.0. The van der Waals surface area contributed by atoms with Gasteiger partial charge in [0.1, 0.15) is 11.3 Å². The van der Waals surface area contributed by atoms with Crippen LogP contribution in [-0.4, -0.2) is 72.9 Å². The SMILES string of the molecule is N=CC(C=NCC(F)CN1CCOCC1)c1cnc2ccc(Cl)nc2c1. The van der Waals surface area contributed by atoms with Gasteiger partial charge in [0.05, 0.1) is 36.7 Å². The molecule has 3 rings (SSSR count). The van der Waals surface area contributed by atoms with Gasteiger partial charge in [-0.1, -0.05) is 11.6 Å². The number of hydrogen-bond donors (Lipinski definition) is 1. The maximum atomic E-state index is 14.1. The Labute approximate surface area is 156 Å². The average molecular weight is 378 g/mol. The summed E-state index contributed by atoms with van der Waals surface area (Å²) in [6, 6.07) is 5.31. The lowest BCUT2D eigenvalue weighted by Gasteiger charge is -2.27. The summed E-state index contributed by atoms with van der Waals surface area (Å²) >= 11 is 5.92. The van der Waals surface area contributed by atoms with Gasteiger partial charge in [-0.3, -0.25) is 14.9 Å². The Morgan fingerprint density at radius 2 is 2.15 bits per heavy atom. The Bertz CT molecular complexity index is 781. The number of alkyl halides is 1. The molecule has 26 heavy (non-hydrogen) atoms. The summed E-state index contributed by atoms with van der Waals surface area (Å²) < 4.78 is 19.4. The number of aliphatic imine (C=N–C) groups is 1. The van der Waals surface area contributed by atoms with Gasteiger partial charge in [-0.05, 0) is 23.8 Å². The standard InChI is InChI=1S/C18H21ClFN5O/c19-18-2-1-16-17(24-18)7-13(10-23-16)14(8-21)9-22-11-15(20)12-25-3-5-26-6-4-25/h1-2,7-10,14-15,21H,3-6,11-12H2. The number of ether oxygens (including phenoxy) is 1. The summed E-state index contributed by atoms with van der Waals surface area (Å²) in [5.41, 5.74) is 2.16. The van der Waals surface area contributed by atoms with Gasteiger partial charge in [0, 0.05) is 38.3 Å². The molecule has 1 N–H and O–H groups in total. The van der Waals surface area contributed by atoms with E-state index in [4.69, 9.17) is 21.7 Å². The smallest absolute Gasteiger partial charge is 0.132 e. The van der Waals surface area contributed by atoms with Crippen LogP contribution in [0.2, 0.25) is 5.15 Å². The van der Waals surface area contributed by atoms with Crippen molar-refractivity contribution in [1.82, 2.24) is 14.9 Å². The molecular formula is C18H21ClFN5O. The van der Waals surface area contributed by atoms with E-state index >= 15 is 0 Å². The van der Waals surface area contributed by atoms with Crippen LogP contribution >= 0.6 is 11.6 Å². The van der Waals surface area contributed by atoms with E-state index in [1.54, 1.807) is 24.5 Å². The molecule has 0 saturated carbocycles. The van der Waals surface area contributed by atoms with Crippen molar-refractivity contribution in [2.75, 3.05) is 39.4 Å².